The number of carbonyl (C=O) groups excluding carboxylic acids is 1. The van der Waals surface area contributed by atoms with Gasteiger partial charge in [-0.1, -0.05) is 60.2 Å². The molecule has 3 aromatic rings. The lowest BCUT2D eigenvalue weighted by Crippen LogP contribution is -2.07. The van der Waals surface area contributed by atoms with Gasteiger partial charge in [0, 0.05) is 5.56 Å². The van der Waals surface area contributed by atoms with E-state index < -0.39 is 0 Å². The van der Waals surface area contributed by atoms with E-state index in [0.717, 1.165) is 11.1 Å². The topological polar surface area (TPSA) is 65.7 Å². The van der Waals surface area contributed by atoms with Crippen LogP contribution in [0.15, 0.2) is 59.4 Å². The van der Waals surface area contributed by atoms with E-state index in [0.29, 0.717) is 11.1 Å². The zero-order chi connectivity index (χ0) is 14.8. The van der Waals surface area contributed by atoms with Crippen molar-refractivity contribution in [3.05, 3.63) is 81.8 Å². The van der Waals surface area contributed by atoms with E-state index in [4.69, 9.17) is 0 Å². The third-order valence-electron chi connectivity index (χ3n) is 3.38. The lowest BCUT2D eigenvalue weighted by atomic mass is 10.00. The van der Waals surface area contributed by atoms with E-state index in [2.05, 4.69) is 10.2 Å². The molecule has 0 fully saturated rings. The monoisotopic (exact) mass is 278 g/mol. The molecule has 0 atom stereocenters. The second kappa shape index (κ2) is 5.25. The molecule has 1 aromatic heterocycles. The Morgan fingerprint density at radius 2 is 1.57 bits per heavy atom. The molecular weight excluding hydrogens is 264 g/mol. The van der Waals surface area contributed by atoms with Crippen LogP contribution in [0.25, 0.3) is 11.1 Å². The first-order chi connectivity index (χ1) is 10.2. The van der Waals surface area contributed by atoms with Crippen molar-refractivity contribution in [3.8, 4) is 11.1 Å². The summed E-state index contributed by atoms with van der Waals surface area (Å²) in [4.78, 5) is 24.6. The van der Waals surface area contributed by atoms with Crippen LogP contribution in [-0.2, 0) is 0 Å². The van der Waals surface area contributed by atoms with Gasteiger partial charge in [-0.3, -0.25) is 19.8 Å². The molecular formula is C17H14N2O2. The third-order valence-corrected chi connectivity index (χ3v) is 3.38. The van der Waals surface area contributed by atoms with E-state index in [1.807, 2.05) is 49.4 Å². The first-order valence-electron chi connectivity index (χ1n) is 6.64. The van der Waals surface area contributed by atoms with Gasteiger partial charge in [0.2, 0.25) is 5.78 Å². The maximum atomic E-state index is 12.6. The van der Waals surface area contributed by atoms with Gasteiger partial charge < -0.3 is 0 Å². The smallest absolute Gasteiger partial charge is 0.272 e. The van der Waals surface area contributed by atoms with Crippen LogP contribution in [0, 0.1) is 6.92 Å². The molecule has 3 rings (SSSR count). The van der Waals surface area contributed by atoms with E-state index >= 15 is 0 Å². The van der Waals surface area contributed by atoms with Gasteiger partial charge in [-0.15, -0.1) is 0 Å². The number of aryl methyl sites for hydroxylation is 1. The highest BCUT2D eigenvalue weighted by Crippen LogP contribution is 2.20. The summed E-state index contributed by atoms with van der Waals surface area (Å²) in [5.41, 5.74) is 2.72. The van der Waals surface area contributed by atoms with Crippen molar-refractivity contribution in [1.82, 2.24) is 10.2 Å². The summed E-state index contributed by atoms with van der Waals surface area (Å²) in [5.74, 6) is -0.202. The van der Waals surface area contributed by atoms with Crippen molar-refractivity contribution in [1.29, 1.82) is 0 Å². The van der Waals surface area contributed by atoms with Gasteiger partial charge in [0.05, 0.1) is 5.56 Å². The SMILES string of the molecule is Cc1ccc(C(=O)c2[nH][nH]c(=O)c2-c2ccccc2)cc1. The Hall–Kier alpha value is -2.88. The van der Waals surface area contributed by atoms with Gasteiger partial charge in [0.15, 0.2) is 0 Å². The van der Waals surface area contributed by atoms with Crippen LogP contribution in [-0.4, -0.2) is 16.0 Å². The molecule has 4 heteroatoms. The Morgan fingerprint density at radius 3 is 2.24 bits per heavy atom. The summed E-state index contributed by atoms with van der Waals surface area (Å²) in [6.45, 7) is 1.96. The molecule has 0 aliphatic carbocycles. The number of hydrogen-bond donors (Lipinski definition) is 2. The Bertz CT molecular complexity index is 827. The highest BCUT2D eigenvalue weighted by Gasteiger charge is 2.19. The zero-order valence-electron chi connectivity index (χ0n) is 11.5. The lowest BCUT2D eigenvalue weighted by molar-refractivity contribution is 0.103. The van der Waals surface area contributed by atoms with Crippen molar-refractivity contribution < 1.29 is 4.79 Å². The summed E-state index contributed by atoms with van der Waals surface area (Å²) in [7, 11) is 0. The number of H-pyrrole nitrogens is 2. The molecule has 1 heterocycles. The normalized spacial score (nSPS) is 10.5. The molecule has 0 saturated heterocycles. The summed E-state index contributed by atoms with van der Waals surface area (Å²) in [5, 5.41) is 5.19. The van der Waals surface area contributed by atoms with Crippen LogP contribution in [0.1, 0.15) is 21.6 Å². The maximum Gasteiger partial charge on any atom is 0.272 e. The molecule has 0 aliphatic heterocycles. The van der Waals surface area contributed by atoms with E-state index in [1.165, 1.54) is 0 Å². The van der Waals surface area contributed by atoms with E-state index in [1.54, 1.807) is 12.1 Å². The number of ketones is 1. The van der Waals surface area contributed by atoms with Gasteiger partial charge in [-0.2, -0.15) is 0 Å². The number of rotatable bonds is 3. The number of aromatic nitrogens is 2. The standard InChI is InChI=1S/C17H14N2O2/c1-11-7-9-13(10-8-11)16(20)15-14(17(21)19-18-15)12-5-3-2-4-6-12/h2-10H,1H3,(H2,18,19,21). The first-order valence-corrected chi connectivity index (χ1v) is 6.64. The number of hydrogen-bond acceptors (Lipinski definition) is 2. The lowest BCUT2D eigenvalue weighted by Gasteiger charge is -2.03. The summed E-state index contributed by atoms with van der Waals surface area (Å²) < 4.78 is 0. The molecule has 0 unspecified atom stereocenters. The fourth-order valence-corrected chi connectivity index (χ4v) is 2.26. The molecule has 2 aromatic carbocycles. The Balaban J connectivity index is 2.10. The van der Waals surface area contributed by atoms with Gasteiger partial charge in [-0.05, 0) is 12.5 Å². The van der Waals surface area contributed by atoms with Crippen LogP contribution in [0.2, 0.25) is 0 Å². The maximum absolute atomic E-state index is 12.6. The second-order valence-electron chi connectivity index (χ2n) is 4.89. The van der Waals surface area contributed by atoms with Crippen LogP contribution in [0.3, 0.4) is 0 Å². The average molecular weight is 278 g/mol. The Kier molecular flexibility index (Phi) is 3.28. The fourth-order valence-electron chi connectivity index (χ4n) is 2.26. The van der Waals surface area contributed by atoms with E-state index in [-0.39, 0.29) is 17.0 Å². The number of aromatic amines is 2. The third kappa shape index (κ3) is 2.43. The van der Waals surface area contributed by atoms with Crippen LogP contribution in [0.4, 0.5) is 0 Å². The molecule has 0 radical (unpaired) electrons. The quantitative estimate of drug-likeness (QED) is 0.723. The molecule has 4 nitrogen and oxygen atoms in total. The van der Waals surface area contributed by atoms with Gasteiger partial charge >= 0.3 is 0 Å². The molecule has 0 spiro atoms. The van der Waals surface area contributed by atoms with E-state index in [9.17, 15) is 9.59 Å². The Labute approximate surface area is 121 Å². The predicted octanol–water partition coefficient (Wildman–Crippen LogP) is 2.91. The Morgan fingerprint density at radius 1 is 0.905 bits per heavy atom. The molecule has 0 aliphatic rings. The molecule has 2 N–H and O–H groups in total. The van der Waals surface area contributed by atoms with Crippen molar-refractivity contribution in [3.63, 3.8) is 0 Å². The van der Waals surface area contributed by atoms with Gasteiger partial charge in [-0.25, -0.2) is 0 Å². The minimum atomic E-state index is -0.295. The second-order valence-corrected chi connectivity index (χ2v) is 4.89. The highest BCUT2D eigenvalue weighted by atomic mass is 16.1. The predicted molar refractivity (Wildman–Crippen MR) is 81.5 cm³/mol. The van der Waals surface area contributed by atoms with Crippen molar-refractivity contribution in [2.45, 2.75) is 6.92 Å². The summed E-state index contributed by atoms with van der Waals surface area (Å²) >= 11 is 0. The average Bonchev–Trinajstić information content (AvgIpc) is 2.90. The highest BCUT2D eigenvalue weighted by molar-refractivity contribution is 6.11. The van der Waals surface area contributed by atoms with Gasteiger partial charge in [0.25, 0.3) is 5.56 Å². The van der Waals surface area contributed by atoms with Crippen LogP contribution < -0.4 is 5.56 Å². The number of carbonyl (C=O) groups is 1. The van der Waals surface area contributed by atoms with Crippen molar-refractivity contribution >= 4 is 5.78 Å². The summed E-state index contributed by atoms with van der Waals surface area (Å²) in [6, 6.07) is 16.4. The number of benzene rings is 2. The van der Waals surface area contributed by atoms with Crippen molar-refractivity contribution in [2.24, 2.45) is 0 Å². The fraction of sp³-hybridized carbons (Fsp3) is 0.0588. The molecule has 21 heavy (non-hydrogen) atoms. The van der Waals surface area contributed by atoms with Crippen LogP contribution >= 0.6 is 0 Å². The molecule has 0 amide bonds. The molecule has 0 bridgehead atoms. The number of nitrogens with one attached hydrogen (secondary N) is 2. The van der Waals surface area contributed by atoms with Crippen LogP contribution in [0.5, 0.6) is 0 Å². The largest absolute Gasteiger partial charge is 0.294 e. The minimum absolute atomic E-state index is 0.202. The molecule has 104 valence electrons. The zero-order valence-corrected chi connectivity index (χ0v) is 11.5. The first kappa shape index (κ1) is 13.1. The van der Waals surface area contributed by atoms with Crippen molar-refractivity contribution in [2.75, 3.05) is 0 Å². The molecule has 0 saturated carbocycles. The minimum Gasteiger partial charge on any atom is -0.294 e. The van der Waals surface area contributed by atoms with Gasteiger partial charge in [0.1, 0.15) is 5.69 Å². The summed E-state index contributed by atoms with van der Waals surface area (Å²) in [6.07, 6.45) is 0.